The number of aryl methyl sites for hydroxylation is 1. The van der Waals surface area contributed by atoms with E-state index in [0.717, 1.165) is 5.56 Å². The number of nitrogens with one attached hydrogen (secondary N) is 2. The van der Waals surface area contributed by atoms with Gasteiger partial charge in [-0.05, 0) is 24.6 Å². The average Bonchev–Trinajstić information content (AvgIpc) is 2.87. The zero-order valence-electron chi connectivity index (χ0n) is 10.3. The van der Waals surface area contributed by atoms with Gasteiger partial charge in [0.25, 0.3) is 10.0 Å². The van der Waals surface area contributed by atoms with Crippen LogP contribution in [0.25, 0.3) is 0 Å². The fourth-order valence-corrected chi connectivity index (χ4v) is 2.63. The third-order valence-electron chi connectivity index (χ3n) is 2.49. The molecule has 0 atom stereocenters. The summed E-state index contributed by atoms with van der Waals surface area (Å²) in [5.74, 6) is 0.346. The van der Waals surface area contributed by atoms with Crippen molar-refractivity contribution in [3.63, 3.8) is 0 Å². The van der Waals surface area contributed by atoms with Crippen LogP contribution in [-0.4, -0.2) is 25.7 Å². The minimum Gasteiger partial charge on any atom is -0.495 e. The van der Waals surface area contributed by atoms with Crippen LogP contribution >= 0.6 is 11.6 Å². The highest BCUT2D eigenvalue weighted by molar-refractivity contribution is 7.92. The van der Waals surface area contributed by atoms with E-state index >= 15 is 0 Å². The number of halogens is 1. The largest absolute Gasteiger partial charge is 0.495 e. The van der Waals surface area contributed by atoms with Gasteiger partial charge in [0, 0.05) is 11.1 Å². The van der Waals surface area contributed by atoms with Crippen LogP contribution in [-0.2, 0) is 10.0 Å². The number of nitrogens with zero attached hydrogens (tertiary/aromatic N) is 1. The fourth-order valence-electron chi connectivity index (χ4n) is 1.50. The Hall–Kier alpha value is -1.73. The second-order valence-electron chi connectivity index (χ2n) is 3.83. The van der Waals surface area contributed by atoms with E-state index < -0.39 is 10.0 Å². The van der Waals surface area contributed by atoms with Crippen molar-refractivity contribution in [2.75, 3.05) is 11.8 Å². The molecule has 19 heavy (non-hydrogen) atoms. The van der Waals surface area contributed by atoms with E-state index in [0.29, 0.717) is 16.5 Å². The predicted octanol–water partition coefficient (Wildman–Crippen LogP) is 2.18. The van der Waals surface area contributed by atoms with E-state index in [2.05, 4.69) is 14.9 Å². The summed E-state index contributed by atoms with van der Waals surface area (Å²) in [6, 6.07) is 4.52. The van der Waals surface area contributed by atoms with E-state index in [1.165, 1.54) is 19.4 Å². The molecular formula is C11H12ClN3O3S. The Bertz CT molecular complexity index is 683. The monoisotopic (exact) mass is 301 g/mol. The van der Waals surface area contributed by atoms with Crippen molar-refractivity contribution in [3.8, 4) is 5.75 Å². The standard InChI is InChI=1S/C11H12ClN3O3S/c1-7-5-9(10(18-2)6-8(7)12)15-19(16,17)11-3-4-13-14-11/h3-6,15H,1-2H3,(H,13,14). The first-order valence-electron chi connectivity index (χ1n) is 5.30. The van der Waals surface area contributed by atoms with Crippen molar-refractivity contribution in [1.29, 1.82) is 0 Å². The maximum absolute atomic E-state index is 12.1. The van der Waals surface area contributed by atoms with Gasteiger partial charge in [-0.3, -0.25) is 9.82 Å². The van der Waals surface area contributed by atoms with Crippen molar-refractivity contribution in [1.82, 2.24) is 10.2 Å². The molecule has 0 saturated heterocycles. The molecule has 0 spiro atoms. The predicted molar refractivity (Wildman–Crippen MR) is 72.1 cm³/mol. The van der Waals surface area contributed by atoms with Crippen molar-refractivity contribution in [3.05, 3.63) is 35.0 Å². The van der Waals surface area contributed by atoms with Crippen molar-refractivity contribution < 1.29 is 13.2 Å². The minimum atomic E-state index is -3.72. The van der Waals surface area contributed by atoms with Gasteiger partial charge in [0.1, 0.15) is 5.75 Å². The number of benzene rings is 1. The number of anilines is 1. The molecule has 2 aromatic rings. The van der Waals surface area contributed by atoms with E-state index in [1.807, 2.05) is 0 Å². The average molecular weight is 302 g/mol. The van der Waals surface area contributed by atoms with Crippen molar-refractivity contribution >= 4 is 27.3 Å². The maximum Gasteiger partial charge on any atom is 0.278 e. The number of aromatic amines is 1. The molecule has 2 N–H and O–H groups in total. The van der Waals surface area contributed by atoms with Crippen LogP contribution < -0.4 is 9.46 Å². The highest BCUT2D eigenvalue weighted by Crippen LogP contribution is 2.32. The molecule has 8 heteroatoms. The topological polar surface area (TPSA) is 84.1 Å². The number of methoxy groups -OCH3 is 1. The molecule has 0 radical (unpaired) electrons. The molecule has 102 valence electrons. The summed E-state index contributed by atoms with van der Waals surface area (Å²) in [6.07, 6.45) is 1.36. The molecule has 1 aromatic heterocycles. The third-order valence-corrected chi connectivity index (χ3v) is 4.19. The van der Waals surface area contributed by atoms with Crippen LogP contribution in [0.4, 0.5) is 5.69 Å². The molecule has 0 fully saturated rings. The fraction of sp³-hybridized carbons (Fsp3) is 0.182. The maximum atomic E-state index is 12.1. The second kappa shape index (κ2) is 5.10. The van der Waals surface area contributed by atoms with E-state index in [9.17, 15) is 8.42 Å². The zero-order valence-corrected chi connectivity index (χ0v) is 11.8. The van der Waals surface area contributed by atoms with Gasteiger partial charge < -0.3 is 4.74 Å². The van der Waals surface area contributed by atoms with Crippen LogP contribution in [0.5, 0.6) is 5.75 Å². The SMILES string of the molecule is COc1cc(Cl)c(C)cc1NS(=O)(=O)c1ccn[nH]1. The van der Waals surface area contributed by atoms with Crippen LogP contribution in [0, 0.1) is 6.92 Å². The lowest BCUT2D eigenvalue weighted by Crippen LogP contribution is -2.14. The molecule has 1 heterocycles. The Morgan fingerprint density at radius 2 is 2.16 bits per heavy atom. The Kier molecular flexibility index (Phi) is 3.68. The third kappa shape index (κ3) is 2.82. The van der Waals surface area contributed by atoms with E-state index in [4.69, 9.17) is 16.3 Å². The van der Waals surface area contributed by atoms with Crippen molar-refractivity contribution in [2.45, 2.75) is 11.9 Å². The van der Waals surface area contributed by atoms with Crippen LogP contribution in [0.15, 0.2) is 29.4 Å². The molecule has 2 rings (SSSR count). The van der Waals surface area contributed by atoms with E-state index in [-0.39, 0.29) is 5.03 Å². The molecule has 0 saturated carbocycles. The Balaban J connectivity index is 2.41. The van der Waals surface area contributed by atoms with Gasteiger partial charge in [0.05, 0.1) is 19.0 Å². The van der Waals surface area contributed by atoms with E-state index in [1.54, 1.807) is 19.1 Å². The molecule has 0 unspecified atom stereocenters. The first-order valence-corrected chi connectivity index (χ1v) is 7.16. The van der Waals surface area contributed by atoms with Gasteiger partial charge in [-0.1, -0.05) is 11.6 Å². The van der Waals surface area contributed by atoms with Gasteiger partial charge in [-0.25, -0.2) is 0 Å². The lowest BCUT2D eigenvalue weighted by atomic mass is 10.2. The summed E-state index contributed by atoms with van der Waals surface area (Å²) in [5, 5.41) is 6.48. The molecule has 0 bridgehead atoms. The number of ether oxygens (including phenoxy) is 1. The number of rotatable bonds is 4. The summed E-state index contributed by atoms with van der Waals surface area (Å²) < 4.78 is 31.6. The first-order chi connectivity index (χ1) is 8.94. The highest BCUT2D eigenvalue weighted by atomic mass is 35.5. The Morgan fingerprint density at radius 1 is 1.42 bits per heavy atom. The smallest absolute Gasteiger partial charge is 0.278 e. The molecule has 1 aromatic carbocycles. The summed E-state index contributed by atoms with van der Waals surface area (Å²) in [4.78, 5) is 0. The first kappa shape index (κ1) is 13.7. The number of H-pyrrole nitrogens is 1. The molecular weight excluding hydrogens is 290 g/mol. The Labute approximate surface area is 115 Å². The second-order valence-corrected chi connectivity index (χ2v) is 5.89. The summed E-state index contributed by atoms with van der Waals surface area (Å²) in [6.45, 7) is 1.77. The molecule has 0 aliphatic carbocycles. The number of hydrogen-bond donors (Lipinski definition) is 2. The lowest BCUT2D eigenvalue weighted by Gasteiger charge is -2.12. The van der Waals surface area contributed by atoms with Crippen molar-refractivity contribution in [2.24, 2.45) is 0 Å². The molecule has 0 aliphatic rings. The van der Waals surface area contributed by atoms with Crippen LogP contribution in [0.1, 0.15) is 5.56 Å². The normalized spacial score (nSPS) is 11.3. The summed E-state index contributed by atoms with van der Waals surface area (Å²) >= 11 is 5.96. The number of sulfonamides is 1. The van der Waals surface area contributed by atoms with Gasteiger partial charge in [-0.2, -0.15) is 13.5 Å². The van der Waals surface area contributed by atoms with Gasteiger partial charge in [0.15, 0.2) is 5.03 Å². The quantitative estimate of drug-likeness (QED) is 0.906. The molecule has 0 amide bonds. The lowest BCUT2D eigenvalue weighted by molar-refractivity contribution is 0.417. The summed E-state index contributed by atoms with van der Waals surface area (Å²) in [7, 11) is -2.28. The van der Waals surface area contributed by atoms with Gasteiger partial charge >= 0.3 is 0 Å². The number of aromatic nitrogens is 2. The minimum absolute atomic E-state index is 0.0258. The van der Waals surface area contributed by atoms with Gasteiger partial charge in [0.2, 0.25) is 0 Å². The van der Waals surface area contributed by atoms with Crippen LogP contribution in [0.3, 0.4) is 0 Å². The van der Waals surface area contributed by atoms with Gasteiger partial charge in [-0.15, -0.1) is 0 Å². The Morgan fingerprint density at radius 3 is 2.74 bits per heavy atom. The zero-order chi connectivity index (χ0) is 14.0. The number of hydrogen-bond acceptors (Lipinski definition) is 4. The summed E-state index contributed by atoms with van der Waals surface area (Å²) in [5.41, 5.74) is 1.06. The molecule has 6 nitrogen and oxygen atoms in total. The molecule has 0 aliphatic heterocycles. The highest BCUT2D eigenvalue weighted by Gasteiger charge is 2.18. The van der Waals surface area contributed by atoms with Crippen LogP contribution in [0.2, 0.25) is 5.02 Å².